The SMILES string of the molecule is CC(C)(C)N1CCC(NC(=O)N2CCN(C(=O)c3cccc(F)c3)c3ccccc32)C1. The molecular weight excluding hydrogens is 395 g/mol. The highest BCUT2D eigenvalue weighted by Gasteiger charge is 2.34. The van der Waals surface area contributed by atoms with Crippen LogP contribution in [0.3, 0.4) is 0 Å². The molecule has 2 aliphatic heterocycles. The molecular formula is C24H29FN4O2. The molecule has 0 aliphatic carbocycles. The van der Waals surface area contributed by atoms with Crippen LogP contribution in [0.5, 0.6) is 0 Å². The van der Waals surface area contributed by atoms with Crippen molar-refractivity contribution in [2.45, 2.75) is 38.8 Å². The third-order valence-electron chi connectivity index (χ3n) is 6.04. The summed E-state index contributed by atoms with van der Waals surface area (Å²) in [5.41, 5.74) is 1.71. The van der Waals surface area contributed by atoms with Crippen molar-refractivity contribution >= 4 is 23.3 Å². The molecule has 1 fully saturated rings. The molecule has 1 atom stereocenters. The van der Waals surface area contributed by atoms with E-state index in [-0.39, 0.29) is 23.5 Å². The van der Waals surface area contributed by atoms with Crippen LogP contribution in [0.4, 0.5) is 20.6 Å². The molecule has 6 nitrogen and oxygen atoms in total. The summed E-state index contributed by atoms with van der Waals surface area (Å²) in [5, 5.41) is 3.17. The lowest BCUT2D eigenvalue weighted by atomic mass is 10.1. The largest absolute Gasteiger partial charge is 0.334 e. The molecule has 7 heteroatoms. The average molecular weight is 425 g/mol. The molecule has 0 aromatic heterocycles. The number of rotatable bonds is 2. The molecule has 3 amide bonds. The van der Waals surface area contributed by atoms with Crippen LogP contribution in [0, 0.1) is 5.82 Å². The number of amides is 3. The predicted octanol–water partition coefficient (Wildman–Crippen LogP) is 3.87. The number of likely N-dealkylation sites (tertiary alicyclic amines) is 1. The molecule has 0 spiro atoms. The standard InChI is InChI=1S/C24H29FN4O2/c1-24(2,3)27-12-11-19(16-27)26-23(31)29-14-13-28(20-9-4-5-10-21(20)29)22(30)17-7-6-8-18(25)15-17/h4-10,15,19H,11-14,16H2,1-3H3,(H,26,31). The highest BCUT2D eigenvalue weighted by Crippen LogP contribution is 2.34. The Balaban J connectivity index is 1.51. The summed E-state index contributed by atoms with van der Waals surface area (Å²) in [6.07, 6.45) is 0.919. The van der Waals surface area contributed by atoms with Gasteiger partial charge in [-0.1, -0.05) is 18.2 Å². The first kappa shape index (κ1) is 21.3. The van der Waals surface area contributed by atoms with E-state index in [2.05, 4.69) is 31.0 Å². The molecule has 1 unspecified atom stereocenters. The van der Waals surface area contributed by atoms with Gasteiger partial charge in [0.2, 0.25) is 0 Å². The second kappa shape index (κ2) is 8.30. The number of anilines is 2. The van der Waals surface area contributed by atoms with E-state index < -0.39 is 5.82 Å². The lowest BCUT2D eigenvalue weighted by Gasteiger charge is -2.37. The molecule has 2 aliphatic rings. The van der Waals surface area contributed by atoms with E-state index in [1.807, 2.05) is 24.3 Å². The number of nitrogens with zero attached hydrogens (tertiary/aromatic N) is 3. The molecule has 2 aromatic carbocycles. The van der Waals surface area contributed by atoms with Gasteiger partial charge in [0, 0.05) is 43.3 Å². The first-order chi connectivity index (χ1) is 14.7. The van der Waals surface area contributed by atoms with Crippen LogP contribution in [0.15, 0.2) is 48.5 Å². The third kappa shape index (κ3) is 4.42. The van der Waals surface area contributed by atoms with Crippen molar-refractivity contribution in [1.82, 2.24) is 10.2 Å². The quantitative estimate of drug-likeness (QED) is 0.796. The fourth-order valence-electron chi connectivity index (χ4n) is 4.30. The summed E-state index contributed by atoms with van der Waals surface area (Å²) in [6.45, 7) is 9.06. The highest BCUT2D eigenvalue weighted by atomic mass is 19.1. The van der Waals surface area contributed by atoms with E-state index in [0.717, 1.165) is 19.5 Å². The number of carbonyl (C=O) groups excluding carboxylic acids is 2. The Hall–Kier alpha value is -2.93. The molecule has 164 valence electrons. The number of fused-ring (bicyclic) bond motifs is 1. The smallest absolute Gasteiger partial charge is 0.322 e. The van der Waals surface area contributed by atoms with Crippen LogP contribution in [0.25, 0.3) is 0 Å². The Bertz CT molecular complexity index is 988. The monoisotopic (exact) mass is 424 g/mol. The van der Waals surface area contributed by atoms with Crippen molar-refractivity contribution in [3.63, 3.8) is 0 Å². The van der Waals surface area contributed by atoms with Crippen molar-refractivity contribution in [3.05, 3.63) is 59.9 Å². The van der Waals surface area contributed by atoms with E-state index in [4.69, 9.17) is 0 Å². The van der Waals surface area contributed by atoms with Gasteiger partial charge in [-0.3, -0.25) is 14.6 Å². The summed E-state index contributed by atoms with van der Waals surface area (Å²) in [6, 6.07) is 13.0. The minimum Gasteiger partial charge on any atom is -0.334 e. The van der Waals surface area contributed by atoms with Gasteiger partial charge in [0.1, 0.15) is 5.82 Å². The second-order valence-electron chi connectivity index (χ2n) is 9.16. The van der Waals surface area contributed by atoms with Gasteiger partial charge in [-0.2, -0.15) is 0 Å². The number of hydrogen-bond acceptors (Lipinski definition) is 3. The van der Waals surface area contributed by atoms with Gasteiger partial charge in [-0.15, -0.1) is 0 Å². The molecule has 0 radical (unpaired) electrons. The summed E-state index contributed by atoms with van der Waals surface area (Å²) in [4.78, 5) is 31.8. The summed E-state index contributed by atoms with van der Waals surface area (Å²) < 4.78 is 13.6. The zero-order valence-corrected chi connectivity index (χ0v) is 18.3. The molecule has 31 heavy (non-hydrogen) atoms. The van der Waals surface area contributed by atoms with Crippen LogP contribution in [0.1, 0.15) is 37.6 Å². The number of urea groups is 1. The molecule has 1 saturated heterocycles. The number of carbonyl (C=O) groups is 2. The summed E-state index contributed by atoms with van der Waals surface area (Å²) in [7, 11) is 0. The van der Waals surface area contributed by atoms with E-state index in [0.29, 0.717) is 30.0 Å². The second-order valence-corrected chi connectivity index (χ2v) is 9.16. The fraction of sp³-hybridized carbons (Fsp3) is 0.417. The van der Waals surface area contributed by atoms with Crippen molar-refractivity contribution in [2.75, 3.05) is 36.0 Å². The minimum atomic E-state index is -0.446. The predicted molar refractivity (Wildman–Crippen MR) is 120 cm³/mol. The van der Waals surface area contributed by atoms with E-state index in [1.54, 1.807) is 15.9 Å². The van der Waals surface area contributed by atoms with Crippen LogP contribution in [-0.2, 0) is 0 Å². The maximum absolute atomic E-state index is 13.6. The van der Waals surface area contributed by atoms with Crippen molar-refractivity contribution in [3.8, 4) is 0 Å². The third-order valence-corrected chi connectivity index (χ3v) is 6.04. The Kier molecular flexibility index (Phi) is 5.71. The maximum Gasteiger partial charge on any atom is 0.322 e. The van der Waals surface area contributed by atoms with Gasteiger partial charge in [0.25, 0.3) is 5.91 Å². The summed E-state index contributed by atoms with van der Waals surface area (Å²) in [5.74, 6) is -0.721. The van der Waals surface area contributed by atoms with Gasteiger partial charge in [0.15, 0.2) is 0 Å². The molecule has 2 heterocycles. The lowest BCUT2D eigenvalue weighted by molar-refractivity contribution is 0.0986. The first-order valence-electron chi connectivity index (χ1n) is 10.7. The van der Waals surface area contributed by atoms with Crippen molar-refractivity contribution < 1.29 is 14.0 Å². The Morgan fingerprint density at radius 3 is 2.29 bits per heavy atom. The zero-order chi connectivity index (χ0) is 22.2. The molecule has 2 aromatic rings. The van der Waals surface area contributed by atoms with Crippen LogP contribution < -0.4 is 15.1 Å². The Morgan fingerprint density at radius 2 is 1.65 bits per heavy atom. The lowest BCUT2D eigenvalue weighted by Crippen LogP contribution is -2.52. The summed E-state index contributed by atoms with van der Waals surface area (Å²) >= 11 is 0. The van der Waals surface area contributed by atoms with Crippen LogP contribution in [-0.4, -0.2) is 54.6 Å². The number of nitrogens with one attached hydrogen (secondary N) is 1. The molecule has 0 bridgehead atoms. The molecule has 1 N–H and O–H groups in total. The molecule has 4 rings (SSSR count). The van der Waals surface area contributed by atoms with Gasteiger partial charge in [-0.05, 0) is 57.5 Å². The number of halogens is 1. The minimum absolute atomic E-state index is 0.0784. The molecule has 0 saturated carbocycles. The van der Waals surface area contributed by atoms with E-state index in [9.17, 15) is 14.0 Å². The Morgan fingerprint density at radius 1 is 0.968 bits per heavy atom. The van der Waals surface area contributed by atoms with Gasteiger partial charge in [-0.25, -0.2) is 9.18 Å². The van der Waals surface area contributed by atoms with E-state index in [1.165, 1.54) is 18.2 Å². The van der Waals surface area contributed by atoms with Crippen molar-refractivity contribution in [2.24, 2.45) is 0 Å². The average Bonchev–Trinajstić information content (AvgIpc) is 3.21. The normalized spacial score (nSPS) is 19.3. The fourth-order valence-corrected chi connectivity index (χ4v) is 4.30. The van der Waals surface area contributed by atoms with Crippen molar-refractivity contribution in [1.29, 1.82) is 0 Å². The van der Waals surface area contributed by atoms with E-state index >= 15 is 0 Å². The maximum atomic E-state index is 13.6. The highest BCUT2D eigenvalue weighted by molar-refractivity contribution is 6.10. The Labute approximate surface area is 182 Å². The number of benzene rings is 2. The topological polar surface area (TPSA) is 55.9 Å². The van der Waals surface area contributed by atoms with Crippen LogP contribution in [0.2, 0.25) is 0 Å². The van der Waals surface area contributed by atoms with Gasteiger partial charge in [0.05, 0.1) is 11.4 Å². The number of para-hydroxylation sites is 2. The van der Waals surface area contributed by atoms with Gasteiger partial charge >= 0.3 is 6.03 Å². The first-order valence-corrected chi connectivity index (χ1v) is 10.7. The zero-order valence-electron chi connectivity index (χ0n) is 18.3. The van der Waals surface area contributed by atoms with Crippen LogP contribution >= 0.6 is 0 Å². The van der Waals surface area contributed by atoms with Gasteiger partial charge < -0.3 is 10.2 Å². The number of hydrogen-bond donors (Lipinski definition) is 1.